The summed E-state index contributed by atoms with van der Waals surface area (Å²) in [6, 6.07) is 5.51. The van der Waals surface area contributed by atoms with Crippen LogP contribution in [-0.2, 0) is 10.0 Å². The highest BCUT2D eigenvalue weighted by Crippen LogP contribution is 2.40. The third-order valence-electron chi connectivity index (χ3n) is 4.65. The number of nitrogens with two attached hydrogens (primary N) is 1. The molecular weight excluding hydrogens is 340 g/mol. The Labute approximate surface area is 128 Å². The molecule has 3 rings (SSSR count). The number of halogens is 1. The van der Waals surface area contributed by atoms with Crippen LogP contribution in [0.5, 0.6) is 0 Å². The fraction of sp³-hybridized carbons (Fsp3) is 0.571. The first kappa shape index (κ1) is 14.5. The zero-order valence-corrected chi connectivity index (χ0v) is 13.8. The molecule has 0 aromatic heterocycles. The summed E-state index contributed by atoms with van der Waals surface area (Å²) in [6.07, 6.45) is 2.07. The summed E-state index contributed by atoms with van der Waals surface area (Å²) in [5, 5.41) is 0. The molecule has 20 heavy (non-hydrogen) atoms. The van der Waals surface area contributed by atoms with Gasteiger partial charge in [0.2, 0.25) is 10.0 Å². The summed E-state index contributed by atoms with van der Waals surface area (Å²) >= 11 is 3.41. The number of rotatable bonds is 2. The molecule has 0 radical (unpaired) electrons. The Morgan fingerprint density at radius 3 is 2.75 bits per heavy atom. The molecule has 2 fully saturated rings. The summed E-state index contributed by atoms with van der Waals surface area (Å²) < 4.78 is 27.9. The van der Waals surface area contributed by atoms with E-state index in [1.165, 1.54) is 0 Å². The van der Waals surface area contributed by atoms with E-state index in [0.29, 0.717) is 34.3 Å². The van der Waals surface area contributed by atoms with E-state index >= 15 is 0 Å². The van der Waals surface area contributed by atoms with E-state index < -0.39 is 10.0 Å². The van der Waals surface area contributed by atoms with E-state index in [9.17, 15) is 8.42 Å². The zero-order valence-electron chi connectivity index (χ0n) is 11.4. The molecule has 6 heteroatoms. The van der Waals surface area contributed by atoms with Gasteiger partial charge in [0.1, 0.15) is 0 Å². The van der Waals surface area contributed by atoms with Crippen LogP contribution in [-0.4, -0.2) is 31.9 Å². The Bertz CT molecular complexity index is 632. The monoisotopic (exact) mass is 358 g/mol. The molecule has 0 spiro atoms. The summed E-state index contributed by atoms with van der Waals surface area (Å²) in [5.74, 6) is 0.761. The molecule has 0 bridgehead atoms. The van der Waals surface area contributed by atoms with Crippen molar-refractivity contribution in [2.24, 2.45) is 17.6 Å². The van der Waals surface area contributed by atoms with E-state index in [1.54, 1.807) is 16.4 Å². The zero-order chi connectivity index (χ0) is 14.5. The van der Waals surface area contributed by atoms with Gasteiger partial charge in [0, 0.05) is 23.6 Å². The van der Waals surface area contributed by atoms with Gasteiger partial charge in [-0.15, -0.1) is 0 Å². The molecule has 1 saturated heterocycles. The van der Waals surface area contributed by atoms with Gasteiger partial charge in [0.15, 0.2) is 0 Å². The summed E-state index contributed by atoms with van der Waals surface area (Å²) in [5.41, 5.74) is 7.02. The Balaban J connectivity index is 1.92. The highest BCUT2D eigenvalue weighted by Gasteiger charge is 2.45. The minimum atomic E-state index is -3.43. The molecule has 1 aliphatic heterocycles. The van der Waals surface area contributed by atoms with Gasteiger partial charge in [-0.2, -0.15) is 4.31 Å². The summed E-state index contributed by atoms with van der Waals surface area (Å²) in [4.78, 5) is 0.367. The maximum Gasteiger partial charge on any atom is 0.244 e. The molecule has 1 aliphatic carbocycles. The van der Waals surface area contributed by atoms with Gasteiger partial charge in [0.25, 0.3) is 0 Å². The standard InChI is InChI=1S/C14H19BrN2O2S/c1-9-3-2-4-13(14(9)15)20(18,19)17-7-10-5-6-12(16)11(10)8-17/h2-4,10-12H,5-8,16H2,1H3. The highest BCUT2D eigenvalue weighted by atomic mass is 79.9. The predicted octanol–water partition coefficient (Wildman–Crippen LogP) is 2.12. The van der Waals surface area contributed by atoms with Crippen molar-refractivity contribution in [1.82, 2.24) is 4.31 Å². The molecule has 1 aromatic carbocycles. The van der Waals surface area contributed by atoms with Crippen LogP contribution in [0, 0.1) is 18.8 Å². The molecule has 2 N–H and O–H groups in total. The van der Waals surface area contributed by atoms with Gasteiger partial charge >= 0.3 is 0 Å². The number of fused-ring (bicyclic) bond motifs is 1. The van der Waals surface area contributed by atoms with Crippen molar-refractivity contribution < 1.29 is 8.42 Å². The Morgan fingerprint density at radius 2 is 2.05 bits per heavy atom. The highest BCUT2D eigenvalue weighted by molar-refractivity contribution is 9.10. The number of benzene rings is 1. The first-order valence-electron chi connectivity index (χ1n) is 6.92. The average molecular weight is 359 g/mol. The van der Waals surface area contributed by atoms with Crippen LogP contribution < -0.4 is 5.73 Å². The lowest BCUT2D eigenvalue weighted by atomic mass is 9.98. The summed E-state index contributed by atoms with van der Waals surface area (Å²) in [7, 11) is -3.43. The van der Waals surface area contributed by atoms with Crippen LogP contribution >= 0.6 is 15.9 Å². The average Bonchev–Trinajstić information content (AvgIpc) is 2.96. The van der Waals surface area contributed by atoms with Gasteiger partial charge in [-0.3, -0.25) is 0 Å². The van der Waals surface area contributed by atoms with Crippen molar-refractivity contribution in [2.75, 3.05) is 13.1 Å². The smallest absolute Gasteiger partial charge is 0.244 e. The molecule has 1 saturated carbocycles. The Kier molecular flexibility index (Phi) is 3.69. The van der Waals surface area contributed by atoms with E-state index in [2.05, 4.69) is 15.9 Å². The van der Waals surface area contributed by atoms with Gasteiger partial charge < -0.3 is 5.73 Å². The first-order chi connectivity index (χ1) is 9.41. The molecule has 1 heterocycles. The van der Waals surface area contributed by atoms with Gasteiger partial charge in [-0.25, -0.2) is 8.42 Å². The molecule has 3 unspecified atom stereocenters. The predicted molar refractivity (Wildman–Crippen MR) is 81.8 cm³/mol. The fourth-order valence-corrected chi connectivity index (χ4v) is 5.97. The molecule has 3 atom stereocenters. The lowest BCUT2D eigenvalue weighted by molar-refractivity contribution is 0.427. The number of hydrogen-bond acceptors (Lipinski definition) is 3. The minimum Gasteiger partial charge on any atom is -0.327 e. The van der Waals surface area contributed by atoms with Crippen molar-refractivity contribution in [2.45, 2.75) is 30.7 Å². The Morgan fingerprint density at radius 1 is 1.30 bits per heavy atom. The van der Waals surface area contributed by atoms with E-state index in [4.69, 9.17) is 5.73 Å². The van der Waals surface area contributed by atoms with Crippen molar-refractivity contribution in [3.8, 4) is 0 Å². The van der Waals surface area contributed by atoms with Gasteiger partial charge in [0.05, 0.1) is 4.90 Å². The molecule has 0 amide bonds. The SMILES string of the molecule is Cc1cccc(S(=O)(=O)N2CC3CCC(N)C3C2)c1Br. The number of hydrogen-bond donors (Lipinski definition) is 1. The maximum atomic E-state index is 12.8. The largest absolute Gasteiger partial charge is 0.327 e. The van der Waals surface area contributed by atoms with Gasteiger partial charge in [-0.05, 0) is 59.2 Å². The van der Waals surface area contributed by atoms with Gasteiger partial charge in [-0.1, -0.05) is 12.1 Å². The molecule has 1 aromatic rings. The van der Waals surface area contributed by atoms with Crippen LogP contribution in [0.2, 0.25) is 0 Å². The van der Waals surface area contributed by atoms with Crippen LogP contribution in [0.25, 0.3) is 0 Å². The van der Waals surface area contributed by atoms with Crippen molar-refractivity contribution >= 4 is 26.0 Å². The van der Waals surface area contributed by atoms with Crippen molar-refractivity contribution in [3.63, 3.8) is 0 Å². The number of nitrogens with zero attached hydrogens (tertiary/aromatic N) is 1. The molecule has 4 nitrogen and oxygen atoms in total. The fourth-order valence-electron chi connectivity index (χ4n) is 3.42. The third-order valence-corrected chi connectivity index (χ3v) is 7.84. The number of aryl methyl sites for hydroxylation is 1. The Hall–Kier alpha value is -0.430. The second-order valence-electron chi connectivity index (χ2n) is 5.87. The lowest BCUT2D eigenvalue weighted by Crippen LogP contribution is -2.33. The topological polar surface area (TPSA) is 63.4 Å². The normalized spacial score (nSPS) is 30.6. The van der Waals surface area contributed by atoms with Crippen molar-refractivity contribution in [3.05, 3.63) is 28.2 Å². The summed E-state index contributed by atoms with van der Waals surface area (Å²) in [6.45, 7) is 3.08. The van der Waals surface area contributed by atoms with Crippen LogP contribution in [0.4, 0.5) is 0 Å². The van der Waals surface area contributed by atoms with Crippen LogP contribution in [0.3, 0.4) is 0 Å². The van der Waals surface area contributed by atoms with E-state index in [-0.39, 0.29) is 6.04 Å². The minimum absolute atomic E-state index is 0.154. The second kappa shape index (κ2) is 5.09. The first-order valence-corrected chi connectivity index (χ1v) is 9.15. The van der Waals surface area contributed by atoms with E-state index in [1.807, 2.05) is 13.0 Å². The molecular formula is C14H19BrN2O2S. The van der Waals surface area contributed by atoms with Crippen molar-refractivity contribution in [1.29, 1.82) is 0 Å². The lowest BCUT2D eigenvalue weighted by Gasteiger charge is -2.19. The quantitative estimate of drug-likeness (QED) is 0.880. The maximum absolute atomic E-state index is 12.8. The molecule has 110 valence electrons. The number of sulfonamides is 1. The molecule has 2 aliphatic rings. The third kappa shape index (κ3) is 2.22. The van der Waals surface area contributed by atoms with Crippen LogP contribution in [0.15, 0.2) is 27.6 Å². The van der Waals surface area contributed by atoms with E-state index in [0.717, 1.165) is 18.4 Å². The second-order valence-corrected chi connectivity index (χ2v) is 8.57. The van der Waals surface area contributed by atoms with Crippen LogP contribution in [0.1, 0.15) is 18.4 Å².